The molecule has 0 radical (unpaired) electrons. The highest BCUT2D eigenvalue weighted by molar-refractivity contribution is 5.76. The number of imidazole rings is 1. The fourth-order valence-electron chi connectivity index (χ4n) is 3.34. The Balaban J connectivity index is 1.81. The second-order valence-electron chi connectivity index (χ2n) is 6.01. The Morgan fingerprint density at radius 1 is 1.38 bits per heavy atom. The lowest BCUT2D eigenvalue weighted by atomic mass is 10.0. The van der Waals surface area contributed by atoms with Gasteiger partial charge in [-0.25, -0.2) is 9.37 Å². The summed E-state index contributed by atoms with van der Waals surface area (Å²) in [5.74, 6) is 1.09. The lowest BCUT2D eigenvalue weighted by Crippen LogP contribution is -2.35. The fraction of sp³-hybridized carbons (Fsp3) is 0.562. The summed E-state index contributed by atoms with van der Waals surface area (Å²) < 4.78 is 21.5. The van der Waals surface area contributed by atoms with Crippen LogP contribution in [0.25, 0.3) is 11.0 Å². The predicted octanol–water partition coefficient (Wildman–Crippen LogP) is 2.60. The third kappa shape index (κ3) is 2.24. The first kappa shape index (κ1) is 13.2. The van der Waals surface area contributed by atoms with E-state index in [0.29, 0.717) is 18.7 Å². The van der Waals surface area contributed by atoms with Gasteiger partial charge in [0.25, 0.3) is 0 Å². The Morgan fingerprint density at radius 3 is 3.00 bits per heavy atom. The molecule has 1 aromatic heterocycles. The van der Waals surface area contributed by atoms with E-state index in [2.05, 4.69) is 16.8 Å². The van der Waals surface area contributed by atoms with Crippen LogP contribution in [0.15, 0.2) is 18.2 Å². The van der Waals surface area contributed by atoms with Gasteiger partial charge in [-0.2, -0.15) is 0 Å². The zero-order valence-electron chi connectivity index (χ0n) is 12.2. The van der Waals surface area contributed by atoms with Gasteiger partial charge >= 0.3 is 0 Å². The van der Waals surface area contributed by atoms with E-state index in [1.165, 1.54) is 25.0 Å². The minimum Gasteiger partial charge on any atom is -0.379 e. The van der Waals surface area contributed by atoms with E-state index in [4.69, 9.17) is 9.72 Å². The van der Waals surface area contributed by atoms with Crippen LogP contribution in [0.2, 0.25) is 0 Å². The molecular formula is C16H20FN3O. The van der Waals surface area contributed by atoms with Crippen molar-refractivity contribution in [2.75, 3.05) is 19.8 Å². The first-order valence-electron chi connectivity index (χ1n) is 7.76. The molecule has 2 atom stereocenters. The predicted molar refractivity (Wildman–Crippen MR) is 79.0 cm³/mol. The summed E-state index contributed by atoms with van der Waals surface area (Å²) in [7, 11) is 0. The Morgan fingerprint density at radius 2 is 2.24 bits per heavy atom. The number of nitrogens with zero attached hydrogens (tertiary/aromatic N) is 2. The summed E-state index contributed by atoms with van der Waals surface area (Å²) in [6.07, 6.45) is 2.38. The summed E-state index contributed by atoms with van der Waals surface area (Å²) in [6, 6.07) is 5.75. The van der Waals surface area contributed by atoms with E-state index in [1.54, 1.807) is 0 Å². The van der Waals surface area contributed by atoms with Crippen molar-refractivity contribution in [2.45, 2.75) is 37.8 Å². The van der Waals surface area contributed by atoms with Crippen molar-refractivity contribution >= 4 is 11.0 Å². The maximum Gasteiger partial charge on any atom is 0.125 e. The monoisotopic (exact) mass is 289 g/mol. The maximum absolute atomic E-state index is 13.5. The molecule has 1 N–H and O–H groups in total. The van der Waals surface area contributed by atoms with Crippen molar-refractivity contribution in [3.8, 4) is 0 Å². The number of benzene rings is 1. The van der Waals surface area contributed by atoms with Crippen LogP contribution in [0.4, 0.5) is 4.39 Å². The van der Waals surface area contributed by atoms with Crippen LogP contribution in [0, 0.1) is 5.82 Å². The van der Waals surface area contributed by atoms with E-state index in [1.807, 2.05) is 6.07 Å². The van der Waals surface area contributed by atoms with E-state index in [-0.39, 0.29) is 11.7 Å². The SMILES string of the molecule is CCNC1COCC1c1nc2cc(F)ccc2n1C1CC1. The number of rotatable bonds is 4. The normalized spacial score (nSPS) is 25.8. The number of hydrogen-bond acceptors (Lipinski definition) is 3. The van der Waals surface area contributed by atoms with E-state index in [9.17, 15) is 4.39 Å². The fourth-order valence-corrected chi connectivity index (χ4v) is 3.34. The molecule has 1 saturated heterocycles. The van der Waals surface area contributed by atoms with Gasteiger partial charge in [0.05, 0.1) is 30.2 Å². The second kappa shape index (κ2) is 5.07. The van der Waals surface area contributed by atoms with Crippen LogP contribution in [-0.2, 0) is 4.74 Å². The number of halogens is 1. The topological polar surface area (TPSA) is 39.1 Å². The van der Waals surface area contributed by atoms with Gasteiger partial charge in [-0.1, -0.05) is 6.92 Å². The van der Waals surface area contributed by atoms with Crippen molar-refractivity contribution in [3.63, 3.8) is 0 Å². The summed E-state index contributed by atoms with van der Waals surface area (Å²) in [5.41, 5.74) is 1.81. The first-order chi connectivity index (χ1) is 10.3. The third-order valence-electron chi connectivity index (χ3n) is 4.47. The van der Waals surface area contributed by atoms with Gasteiger partial charge in [0, 0.05) is 18.2 Å². The molecule has 0 bridgehead atoms. The third-order valence-corrected chi connectivity index (χ3v) is 4.47. The molecule has 1 saturated carbocycles. The Hall–Kier alpha value is -1.46. The van der Waals surface area contributed by atoms with Crippen LogP contribution in [0.1, 0.15) is 37.5 Å². The lowest BCUT2D eigenvalue weighted by Gasteiger charge is -2.19. The van der Waals surface area contributed by atoms with Crippen LogP contribution in [0.5, 0.6) is 0 Å². The summed E-state index contributed by atoms with van der Waals surface area (Å²) in [5, 5.41) is 3.48. The van der Waals surface area contributed by atoms with E-state index < -0.39 is 0 Å². The van der Waals surface area contributed by atoms with Gasteiger partial charge in [-0.05, 0) is 31.5 Å². The van der Waals surface area contributed by atoms with Crippen molar-refractivity contribution in [1.29, 1.82) is 0 Å². The number of hydrogen-bond donors (Lipinski definition) is 1. The zero-order chi connectivity index (χ0) is 14.4. The van der Waals surface area contributed by atoms with Crippen LogP contribution < -0.4 is 5.32 Å². The molecule has 2 aromatic rings. The van der Waals surface area contributed by atoms with Gasteiger partial charge in [0.2, 0.25) is 0 Å². The van der Waals surface area contributed by atoms with Crippen molar-refractivity contribution in [3.05, 3.63) is 29.8 Å². The number of fused-ring (bicyclic) bond motifs is 1. The smallest absolute Gasteiger partial charge is 0.125 e. The molecule has 1 aliphatic heterocycles. The highest BCUT2D eigenvalue weighted by Gasteiger charge is 2.36. The Bertz CT molecular complexity index is 665. The quantitative estimate of drug-likeness (QED) is 0.940. The lowest BCUT2D eigenvalue weighted by molar-refractivity contribution is 0.187. The van der Waals surface area contributed by atoms with Gasteiger partial charge < -0.3 is 14.6 Å². The van der Waals surface area contributed by atoms with Crippen LogP contribution in [0.3, 0.4) is 0 Å². The number of aromatic nitrogens is 2. The average Bonchev–Trinajstić information content (AvgIpc) is 3.08. The van der Waals surface area contributed by atoms with Crippen molar-refractivity contribution in [2.24, 2.45) is 0 Å². The first-order valence-corrected chi connectivity index (χ1v) is 7.76. The molecule has 1 aliphatic carbocycles. The molecule has 112 valence electrons. The maximum atomic E-state index is 13.5. The molecule has 2 aliphatic rings. The molecule has 4 rings (SSSR count). The molecule has 5 heteroatoms. The molecule has 0 spiro atoms. The average molecular weight is 289 g/mol. The molecule has 2 heterocycles. The summed E-state index contributed by atoms with van der Waals surface area (Å²) >= 11 is 0. The molecule has 1 aromatic carbocycles. The molecule has 4 nitrogen and oxygen atoms in total. The number of ether oxygens (including phenoxy) is 1. The van der Waals surface area contributed by atoms with Crippen LogP contribution in [-0.4, -0.2) is 35.4 Å². The van der Waals surface area contributed by atoms with Gasteiger partial charge in [-0.15, -0.1) is 0 Å². The number of likely N-dealkylation sites (N-methyl/N-ethyl adjacent to an activating group) is 1. The van der Waals surface area contributed by atoms with Crippen molar-refractivity contribution in [1.82, 2.24) is 14.9 Å². The number of nitrogens with one attached hydrogen (secondary N) is 1. The standard InChI is InChI=1S/C16H20FN3O/c1-2-18-14-9-21-8-12(14)16-19-13-7-10(17)3-6-15(13)20(16)11-4-5-11/h3,6-7,11-12,14,18H,2,4-5,8-9H2,1H3. The van der Waals surface area contributed by atoms with Gasteiger partial charge in [0.15, 0.2) is 0 Å². The molecule has 2 fully saturated rings. The zero-order valence-corrected chi connectivity index (χ0v) is 12.2. The summed E-state index contributed by atoms with van der Waals surface area (Å²) in [6.45, 7) is 4.44. The van der Waals surface area contributed by atoms with E-state index in [0.717, 1.165) is 30.0 Å². The molecule has 2 unspecified atom stereocenters. The Kier molecular flexibility index (Phi) is 3.19. The van der Waals surface area contributed by atoms with Crippen molar-refractivity contribution < 1.29 is 9.13 Å². The minimum atomic E-state index is -0.222. The highest BCUT2D eigenvalue weighted by Crippen LogP contribution is 2.41. The Labute approximate surface area is 123 Å². The summed E-state index contributed by atoms with van der Waals surface area (Å²) in [4.78, 5) is 4.75. The second-order valence-corrected chi connectivity index (χ2v) is 6.01. The largest absolute Gasteiger partial charge is 0.379 e. The van der Waals surface area contributed by atoms with Crippen LogP contribution >= 0.6 is 0 Å². The molecule has 0 amide bonds. The molecule has 21 heavy (non-hydrogen) atoms. The van der Waals surface area contributed by atoms with E-state index >= 15 is 0 Å². The highest BCUT2D eigenvalue weighted by atomic mass is 19.1. The molecular weight excluding hydrogens is 269 g/mol. The minimum absolute atomic E-state index is 0.222. The van der Waals surface area contributed by atoms with Gasteiger partial charge in [0.1, 0.15) is 11.6 Å². The van der Waals surface area contributed by atoms with Gasteiger partial charge in [-0.3, -0.25) is 0 Å².